The van der Waals surface area contributed by atoms with Crippen molar-refractivity contribution in [1.82, 2.24) is 0 Å². The van der Waals surface area contributed by atoms with Crippen molar-refractivity contribution in [2.24, 2.45) is 17.3 Å². The zero-order chi connectivity index (χ0) is 25.8. The molecule has 2 aliphatic rings. The molecule has 0 aromatic rings. The summed E-state index contributed by atoms with van der Waals surface area (Å²) in [5.41, 5.74) is -0.178. The average molecular weight is 485 g/mol. The average Bonchev–Trinajstić information content (AvgIpc) is 2.77. The van der Waals surface area contributed by atoms with E-state index in [1.165, 1.54) is 0 Å². The van der Waals surface area contributed by atoms with Gasteiger partial charge in [0.05, 0.1) is 37.1 Å². The molecule has 0 aliphatic carbocycles. The Labute approximate surface area is 206 Å². The number of methoxy groups -OCH3 is 3. The van der Waals surface area contributed by atoms with Crippen LogP contribution < -0.4 is 0 Å². The maximum Gasteiger partial charge on any atom is 0.164 e. The standard InChI is InChI=1S/C27H48O7/c1-16(11-21(28)25(29)27(7)14-17(2)18(3)19(4)34-27)22-13-23(32-10)26(5,6)24(33-22)12-20(31-9)15-30-8/h16,18-20,22-25,29H,2,11-15H2,1,3-10H3/t16-,18-,19-,20+,22+,23-,24-,25-,27-/m1/s1. The fraction of sp³-hybridized carbons (Fsp3) is 0.889. The number of hydrogen-bond donors (Lipinski definition) is 1. The maximum atomic E-state index is 13.2. The summed E-state index contributed by atoms with van der Waals surface area (Å²) < 4.78 is 29.5. The summed E-state index contributed by atoms with van der Waals surface area (Å²) in [6.45, 7) is 16.8. The van der Waals surface area contributed by atoms with Gasteiger partial charge in [-0.1, -0.05) is 39.8 Å². The lowest BCUT2D eigenvalue weighted by Gasteiger charge is -2.49. The highest BCUT2D eigenvalue weighted by Gasteiger charge is 2.49. The van der Waals surface area contributed by atoms with E-state index in [1.807, 2.05) is 20.8 Å². The lowest BCUT2D eigenvalue weighted by molar-refractivity contribution is -0.206. The van der Waals surface area contributed by atoms with Gasteiger partial charge >= 0.3 is 0 Å². The number of ketones is 1. The number of carbonyl (C=O) groups is 1. The SMILES string of the molecule is C=C1C[C@](C)([C@H](O)C(=O)C[C@@H](C)[C@@H]2C[C@@H](OC)C(C)(C)[C@@H](C[C@@H](COC)OC)O2)O[C@H](C)[C@@H]1C. The van der Waals surface area contributed by atoms with Gasteiger partial charge in [0.1, 0.15) is 11.7 Å². The molecule has 2 fully saturated rings. The van der Waals surface area contributed by atoms with E-state index in [2.05, 4.69) is 27.4 Å². The van der Waals surface area contributed by atoms with Gasteiger partial charge in [0, 0.05) is 58.3 Å². The Kier molecular flexibility index (Phi) is 10.3. The monoisotopic (exact) mass is 484 g/mol. The van der Waals surface area contributed by atoms with Crippen LogP contribution in [0.25, 0.3) is 0 Å². The van der Waals surface area contributed by atoms with Crippen LogP contribution in [0.4, 0.5) is 0 Å². The normalized spacial score (nSPS) is 36.6. The van der Waals surface area contributed by atoms with E-state index < -0.39 is 11.7 Å². The maximum absolute atomic E-state index is 13.2. The Hall–Kier alpha value is -0.830. The number of rotatable bonds is 11. The van der Waals surface area contributed by atoms with Crippen molar-refractivity contribution < 1.29 is 33.6 Å². The minimum Gasteiger partial charge on any atom is -0.382 e. The van der Waals surface area contributed by atoms with E-state index in [4.69, 9.17) is 23.7 Å². The Morgan fingerprint density at radius 1 is 1.24 bits per heavy atom. The summed E-state index contributed by atoms with van der Waals surface area (Å²) in [5.74, 6) is -0.114. The summed E-state index contributed by atoms with van der Waals surface area (Å²) in [7, 11) is 5.06. The number of aliphatic hydroxyl groups excluding tert-OH is 1. The first-order chi connectivity index (χ1) is 15.8. The van der Waals surface area contributed by atoms with E-state index in [0.717, 1.165) is 5.57 Å². The van der Waals surface area contributed by atoms with Crippen LogP contribution in [0.2, 0.25) is 0 Å². The van der Waals surface area contributed by atoms with Gasteiger partial charge in [0.2, 0.25) is 0 Å². The summed E-state index contributed by atoms with van der Waals surface area (Å²) in [4.78, 5) is 13.2. The second-order valence-corrected chi connectivity index (χ2v) is 11.3. The zero-order valence-corrected chi connectivity index (χ0v) is 22.8. The van der Waals surface area contributed by atoms with Gasteiger partial charge in [-0.3, -0.25) is 4.79 Å². The fourth-order valence-corrected chi connectivity index (χ4v) is 5.52. The molecular weight excluding hydrogens is 436 g/mol. The largest absolute Gasteiger partial charge is 0.382 e. The minimum atomic E-state index is -1.21. The molecule has 0 aromatic carbocycles. The quantitative estimate of drug-likeness (QED) is 0.445. The molecule has 0 bridgehead atoms. The summed E-state index contributed by atoms with van der Waals surface area (Å²) in [6, 6.07) is 0. The van der Waals surface area contributed by atoms with Crippen molar-refractivity contribution >= 4 is 5.78 Å². The van der Waals surface area contributed by atoms with Crippen molar-refractivity contribution in [3.8, 4) is 0 Å². The van der Waals surface area contributed by atoms with Gasteiger partial charge in [-0.15, -0.1) is 0 Å². The minimum absolute atomic E-state index is 0.0244. The van der Waals surface area contributed by atoms with Crippen LogP contribution in [0.1, 0.15) is 67.2 Å². The Morgan fingerprint density at radius 3 is 2.41 bits per heavy atom. The molecule has 0 amide bonds. The fourth-order valence-electron chi connectivity index (χ4n) is 5.52. The van der Waals surface area contributed by atoms with E-state index in [1.54, 1.807) is 21.3 Å². The van der Waals surface area contributed by atoms with Crippen molar-refractivity contribution in [2.45, 2.75) is 109 Å². The molecule has 0 unspecified atom stereocenters. The van der Waals surface area contributed by atoms with Crippen LogP contribution >= 0.6 is 0 Å². The number of aliphatic hydroxyl groups is 1. The van der Waals surface area contributed by atoms with Crippen LogP contribution in [0, 0.1) is 17.3 Å². The lowest BCUT2D eigenvalue weighted by Crippen LogP contribution is -2.55. The highest BCUT2D eigenvalue weighted by atomic mass is 16.5. The van der Waals surface area contributed by atoms with Gasteiger partial charge in [-0.2, -0.15) is 0 Å². The first kappa shape index (κ1) is 29.4. The Balaban J connectivity index is 2.10. The zero-order valence-electron chi connectivity index (χ0n) is 22.8. The number of hydrogen-bond acceptors (Lipinski definition) is 7. The first-order valence-electron chi connectivity index (χ1n) is 12.6. The summed E-state index contributed by atoms with van der Waals surface area (Å²) in [6.07, 6.45) is 0.308. The predicted octanol–water partition coefficient (Wildman–Crippen LogP) is 3.95. The highest BCUT2D eigenvalue weighted by Crippen LogP contribution is 2.43. The second kappa shape index (κ2) is 11.9. The molecule has 198 valence electrons. The lowest BCUT2D eigenvalue weighted by atomic mass is 9.72. The predicted molar refractivity (Wildman–Crippen MR) is 132 cm³/mol. The van der Waals surface area contributed by atoms with E-state index in [9.17, 15) is 9.90 Å². The molecule has 9 atom stereocenters. The topological polar surface area (TPSA) is 83.5 Å². The van der Waals surface area contributed by atoms with Crippen molar-refractivity contribution in [1.29, 1.82) is 0 Å². The molecule has 2 saturated heterocycles. The molecule has 7 nitrogen and oxygen atoms in total. The van der Waals surface area contributed by atoms with Crippen molar-refractivity contribution in [3.63, 3.8) is 0 Å². The van der Waals surface area contributed by atoms with Gasteiger partial charge in [0.25, 0.3) is 0 Å². The molecule has 2 rings (SSSR count). The van der Waals surface area contributed by atoms with Crippen LogP contribution in [0.5, 0.6) is 0 Å². The third-order valence-corrected chi connectivity index (χ3v) is 8.32. The van der Waals surface area contributed by atoms with E-state index >= 15 is 0 Å². The molecule has 1 N–H and O–H groups in total. The van der Waals surface area contributed by atoms with Crippen molar-refractivity contribution in [2.75, 3.05) is 27.9 Å². The van der Waals surface area contributed by atoms with Gasteiger partial charge in [-0.05, 0) is 19.8 Å². The van der Waals surface area contributed by atoms with Crippen LogP contribution in [0.15, 0.2) is 12.2 Å². The Bertz CT molecular complexity index is 692. The van der Waals surface area contributed by atoms with Crippen molar-refractivity contribution in [3.05, 3.63) is 12.2 Å². The van der Waals surface area contributed by atoms with Gasteiger partial charge in [0.15, 0.2) is 5.78 Å². The molecule has 2 heterocycles. The van der Waals surface area contributed by atoms with E-state index in [-0.39, 0.29) is 60.0 Å². The smallest absolute Gasteiger partial charge is 0.164 e. The van der Waals surface area contributed by atoms with Gasteiger partial charge < -0.3 is 28.8 Å². The number of ether oxygens (including phenoxy) is 5. The molecule has 2 aliphatic heterocycles. The van der Waals surface area contributed by atoms with E-state index in [0.29, 0.717) is 25.9 Å². The highest BCUT2D eigenvalue weighted by molar-refractivity contribution is 5.84. The summed E-state index contributed by atoms with van der Waals surface area (Å²) >= 11 is 0. The molecule has 0 aromatic heterocycles. The molecule has 0 saturated carbocycles. The van der Waals surface area contributed by atoms with Crippen LogP contribution in [-0.2, 0) is 28.5 Å². The summed E-state index contributed by atoms with van der Waals surface area (Å²) in [5, 5.41) is 11.0. The van der Waals surface area contributed by atoms with Crippen LogP contribution in [0.3, 0.4) is 0 Å². The second-order valence-electron chi connectivity index (χ2n) is 11.3. The van der Waals surface area contributed by atoms with Crippen LogP contribution in [-0.4, -0.2) is 81.1 Å². The molecular formula is C27H48O7. The molecule has 34 heavy (non-hydrogen) atoms. The number of carbonyl (C=O) groups excluding carboxylic acids is 1. The first-order valence-corrected chi connectivity index (χ1v) is 12.6. The molecule has 0 radical (unpaired) electrons. The van der Waals surface area contributed by atoms with Gasteiger partial charge in [-0.25, -0.2) is 0 Å². The Morgan fingerprint density at radius 2 is 1.88 bits per heavy atom. The molecule has 7 heteroatoms. The third kappa shape index (κ3) is 6.48. The third-order valence-electron chi connectivity index (χ3n) is 8.32. The molecule has 0 spiro atoms. The number of Topliss-reactive ketones (excluding diaryl/α,β-unsaturated/α-hetero) is 1.